The summed E-state index contributed by atoms with van der Waals surface area (Å²) in [6, 6.07) is 13.0. The monoisotopic (exact) mass is 309 g/mol. The molecule has 2 saturated carbocycles. The zero-order chi connectivity index (χ0) is 16.7. The van der Waals surface area contributed by atoms with E-state index >= 15 is 0 Å². The Balaban J connectivity index is 1.81. The van der Waals surface area contributed by atoms with Crippen molar-refractivity contribution >= 4 is 5.78 Å². The van der Waals surface area contributed by atoms with Crippen LogP contribution in [0.3, 0.4) is 0 Å². The van der Waals surface area contributed by atoms with Gasteiger partial charge in [-0.25, -0.2) is 0 Å². The van der Waals surface area contributed by atoms with Crippen molar-refractivity contribution in [2.24, 2.45) is 28.6 Å². The lowest BCUT2D eigenvalue weighted by atomic mass is 9.47. The average molecular weight is 309 g/mol. The number of nitrogens with zero attached hydrogens (tertiary/aromatic N) is 1. The number of fused-ring (bicyclic) bond motifs is 1. The minimum absolute atomic E-state index is 0.121. The maximum absolute atomic E-state index is 12.6. The summed E-state index contributed by atoms with van der Waals surface area (Å²) in [6.45, 7) is 6.46. The number of carbonyl (C=O) groups excluding carboxylic acids is 1. The fourth-order valence-electron chi connectivity index (χ4n) is 5.52. The SMILES string of the molecule is CC1(C)C(=O)C(C#N)C[C@]2(C)CC(Cc3ccccc3)CC[C@@H]12. The molecule has 0 heterocycles. The minimum atomic E-state index is -0.415. The van der Waals surface area contributed by atoms with Crippen LogP contribution in [0.5, 0.6) is 0 Å². The zero-order valence-electron chi connectivity index (χ0n) is 14.5. The van der Waals surface area contributed by atoms with Crippen molar-refractivity contribution in [3.8, 4) is 6.07 Å². The molecule has 0 radical (unpaired) electrons. The molecule has 1 aromatic carbocycles. The fourth-order valence-corrected chi connectivity index (χ4v) is 5.52. The fraction of sp³-hybridized carbons (Fsp3) is 0.619. The van der Waals surface area contributed by atoms with Gasteiger partial charge < -0.3 is 0 Å². The number of Topliss-reactive ketones (excluding diaryl/α,β-unsaturated/α-hetero) is 1. The summed E-state index contributed by atoms with van der Waals surface area (Å²) in [7, 11) is 0. The van der Waals surface area contributed by atoms with Gasteiger partial charge in [0.25, 0.3) is 0 Å². The molecule has 3 rings (SSSR count). The van der Waals surface area contributed by atoms with Crippen molar-refractivity contribution in [3.63, 3.8) is 0 Å². The first-order valence-corrected chi connectivity index (χ1v) is 8.85. The Labute approximate surface area is 139 Å². The standard InChI is InChI=1S/C21H27NO/c1-20(2)18-10-9-16(11-15-7-5-4-6-8-15)12-21(18,3)13-17(14-22)19(20)23/h4-8,16-18H,9-13H2,1-3H3/t16?,17?,18-,21-/m0/s1. The summed E-state index contributed by atoms with van der Waals surface area (Å²) in [5.41, 5.74) is 1.17. The van der Waals surface area contributed by atoms with E-state index in [0.29, 0.717) is 11.8 Å². The van der Waals surface area contributed by atoms with E-state index in [0.717, 1.165) is 25.7 Å². The lowest BCUT2D eigenvalue weighted by Gasteiger charge is -2.55. The highest BCUT2D eigenvalue weighted by molar-refractivity contribution is 5.89. The highest BCUT2D eigenvalue weighted by Gasteiger charge is 2.56. The molecule has 1 aromatic rings. The van der Waals surface area contributed by atoms with Crippen molar-refractivity contribution in [3.05, 3.63) is 35.9 Å². The summed E-state index contributed by atoms with van der Waals surface area (Å²) in [6.07, 6.45) is 5.33. The van der Waals surface area contributed by atoms with Crippen LogP contribution in [0, 0.1) is 39.9 Å². The van der Waals surface area contributed by atoms with Gasteiger partial charge in [0.1, 0.15) is 5.92 Å². The number of benzene rings is 1. The van der Waals surface area contributed by atoms with E-state index in [9.17, 15) is 10.1 Å². The van der Waals surface area contributed by atoms with Gasteiger partial charge in [-0.3, -0.25) is 4.79 Å². The van der Waals surface area contributed by atoms with Gasteiger partial charge in [-0.05, 0) is 54.9 Å². The number of carbonyl (C=O) groups is 1. The van der Waals surface area contributed by atoms with Crippen LogP contribution in [0.15, 0.2) is 30.3 Å². The molecule has 2 unspecified atom stereocenters. The molecule has 2 aliphatic carbocycles. The molecule has 0 N–H and O–H groups in total. The second-order valence-electron chi connectivity index (χ2n) is 8.52. The van der Waals surface area contributed by atoms with Crippen molar-refractivity contribution in [2.75, 3.05) is 0 Å². The van der Waals surface area contributed by atoms with Crippen LogP contribution in [0.25, 0.3) is 0 Å². The minimum Gasteiger partial charge on any atom is -0.298 e. The maximum Gasteiger partial charge on any atom is 0.155 e. The second kappa shape index (κ2) is 5.78. The number of ketones is 1. The molecule has 4 atom stereocenters. The highest BCUT2D eigenvalue weighted by atomic mass is 16.1. The molecule has 2 aliphatic rings. The van der Waals surface area contributed by atoms with Gasteiger partial charge in [0, 0.05) is 5.41 Å². The summed E-state index contributed by atoms with van der Waals surface area (Å²) in [5, 5.41) is 9.43. The van der Waals surface area contributed by atoms with E-state index in [-0.39, 0.29) is 16.6 Å². The molecule has 122 valence electrons. The van der Waals surface area contributed by atoms with Gasteiger partial charge in [0.2, 0.25) is 0 Å². The van der Waals surface area contributed by atoms with Crippen molar-refractivity contribution in [1.82, 2.24) is 0 Å². The molecule has 2 nitrogen and oxygen atoms in total. The van der Waals surface area contributed by atoms with Gasteiger partial charge in [-0.2, -0.15) is 5.26 Å². The lowest BCUT2D eigenvalue weighted by Crippen LogP contribution is -2.53. The quantitative estimate of drug-likeness (QED) is 0.788. The topological polar surface area (TPSA) is 40.9 Å². The molecule has 0 spiro atoms. The van der Waals surface area contributed by atoms with E-state index in [1.54, 1.807) is 0 Å². The van der Waals surface area contributed by atoms with Crippen LogP contribution in [0.2, 0.25) is 0 Å². The Morgan fingerprint density at radius 3 is 2.48 bits per heavy atom. The predicted molar refractivity (Wildman–Crippen MR) is 91.6 cm³/mol. The molecule has 0 amide bonds. The van der Waals surface area contributed by atoms with Crippen LogP contribution in [0.1, 0.15) is 52.0 Å². The Hall–Kier alpha value is -1.62. The molecule has 0 aliphatic heterocycles. The molecule has 0 aromatic heterocycles. The van der Waals surface area contributed by atoms with Crippen LogP contribution in [-0.4, -0.2) is 5.78 Å². The third kappa shape index (κ3) is 2.82. The maximum atomic E-state index is 12.6. The van der Waals surface area contributed by atoms with Gasteiger partial charge in [-0.1, -0.05) is 51.1 Å². The Kier molecular flexibility index (Phi) is 4.08. The van der Waals surface area contributed by atoms with Crippen molar-refractivity contribution in [2.45, 2.75) is 52.9 Å². The zero-order valence-corrected chi connectivity index (χ0v) is 14.5. The number of nitriles is 1. The molecule has 23 heavy (non-hydrogen) atoms. The molecule has 2 fully saturated rings. The lowest BCUT2D eigenvalue weighted by molar-refractivity contribution is -0.148. The third-order valence-corrected chi connectivity index (χ3v) is 6.48. The van der Waals surface area contributed by atoms with E-state index in [4.69, 9.17) is 0 Å². The number of rotatable bonds is 2. The summed E-state index contributed by atoms with van der Waals surface area (Å²) >= 11 is 0. The van der Waals surface area contributed by atoms with Gasteiger partial charge in [0.05, 0.1) is 6.07 Å². The first kappa shape index (κ1) is 16.2. The third-order valence-electron chi connectivity index (χ3n) is 6.48. The first-order valence-electron chi connectivity index (χ1n) is 8.85. The molecule has 2 heteroatoms. The molecular formula is C21H27NO. The number of hydrogen-bond donors (Lipinski definition) is 0. The van der Waals surface area contributed by atoms with Crippen molar-refractivity contribution < 1.29 is 4.79 Å². The first-order chi connectivity index (χ1) is 10.9. The summed E-state index contributed by atoms with van der Waals surface area (Å²) in [5.74, 6) is 0.840. The Morgan fingerprint density at radius 2 is 1.83 bits per heavy atom. The average Bonchev–Trinajstić information content (AvgIpc) is 2.52. The normalized spacial score (nSPS) is 36.1. The summed E-state index contributed by atoms with van der Waals surface area (Å²) in [4.78, 5) is 12.6. The molecule has 0 saturated heterocycles. The van der Waals surface area contributed by atoms with Gasteiger partial charge >= 0.3 is 0 Å². The predicted octanol–water partition coefficient (Wildman–Crippen LogP) is 4.79. The van der Waals surface area contributed by atoms with Crippen LogP contribution < -0.4 is 0 Å². The Morgan fingerprint density at radius 1 is 1.13 bits per heavy atom. The van der Waals surface area contributed by atoms with E-state index < -0.39 is 5.92 Å². The molecule has 0 bridgehead atoms. The van der Waals surface area contributed by atoms with E-state index in [1.807, 2.05) is 0 Å². The van der Waals surface area contributed by atoms with Crippen molar-refractivity contribution in [1.29, 1.82) is 5.26 Å². The van der Waals surface area contributed by atoms with Gasteiger partial charge in [-0.15, -0.1) is 0 Å². The van der Waals surface area contributed by atoms with E-state index in [2.05, 4.69) is 57.2 Å². The van der Waals surface area contributed by atoms with E-state index in [1.165, 1.54) is 12.0 Å². The highest BCUT2D eigenvalue weighted by Crippen LogP contribution is 2.59. The van der Waals surface area contributed by atoms with Crippen LogP contribution in [-0.2, 0) is 11.2 Å². The van der Waals surface area contributed by atoms with Gasteiger partial charge in [0.15, 0.2) is 5.78 Å². The second-order valence-corrected chi connectivity index (χ2v) is 8.52. The largest absolute Gasteiger partial charge is 0.298 e. The Bertz CT molecular complexity index is 627. The molecular weight excluding hydrogens is 282 g/mol. The van der Waals surface area contributed by atoms with Crippen LogP contribution in [0.4, 0.5) is 0 Å². The number of hydrogen-bond acceptors (Lipinski definition) is 2. The summed E-state index contributed by atoms with van der Waals surface area (Å²) < 4.78 is 0. The smallest absolute Gasteiger partial charge is 0.155 e. The van der Waals surface area contributed by atoms with Crippen LogP contribution >= 0.6 is 0 Å².